The van der Waals surface area contributed by atoms with Crippen LogP contribution in [0.5, 0.6) is 0 Å². The number of anilines is 3. The molecule has 0 atom stereocenters. The Morgan fingerprint density at radius 1 is 0.304 bits per heavy atom. The Morgan fingerprint density at radius 2 is 0.826 bits per heavy atom. The topological polar surface area (TPSA) is 8.17 Å². The summed E-state index contributed by atoms with van der Waals surface area (Å²) in [7, 11) is 0. The maximum atomic E-state index is 2.48. The van der Waals surface area contributed by atoms with Crippen LogP contribution in [0.4, 0.5) is 17.1 Å². The Kier molecular flexibility index (Phi) is 8.66. The third kappa shape index (κ3) is 5.98. The van der Waals surface area contributed by atoms with E-state index in [0.717, 1.165) is 17.1 Å². The molecule has 0 aliphatic heterocycles. The van der Waals surface area contributed by atoms with E-state index >= 15 is 0 Å². The molecule has 1 aliphatic carbocycles. The number of para-hydroxylation sites is 2. The van der Waals surface area contributed by atoms with E-state index < -0.39 is 0 Å². The van der Waals surface area contributed by atoms with Crippen LogP contribution in [0.2, 0.25) is 0 Å². The Morgan fingerprint density at radius 3 is 1.58 bits per heavy atom. The Labute approximate surface area is 401 Å². The first-order valence-electron chi connectivity index (χ1n) is 24.1. The predicted octanol–water partition coefficient (Wildman–Crippen LogP) is 18.5. The molecule has 0 N–H and O–H groups in total. The summed E-state index contributed by atoms with van der Waals surface area (Å²) in [5.41, 5.74) is 17.0. The van der Waals surface area contributed by atoms with Crippen molar-refractivity contribution >= 4 is 82.0 Å². The molecule has 0 radical (unpaired) electrons. The van der Waals surface area contributed by atoms with Gasteiger partial charge in [-0.05, 0) is 149 Å². The lowest BCUT2D eigenvalue weighted by atomic mass is 9.82. The summed E-state index contributed by atoms with van der Waals surface area (Å²) in [6.07, 6.45) is 0. The number of fused-ring (bicyclic) bond motifs is 13. The highest BCUT2D eigenvalue weighted by molar-refractivity contribution is 6.26. The van der Waals surface area contributed by atoms with Crippen molar-refractivity contribution in [2.45, 2.75) is 19.3 Å². The number of hydrogen-bond donors (Lipinski definition) is 0. The van der Waals surface area contributed by atoms with Gasteiger partial charge in [-0.1, -0.05) is 190 Å². The zero-order chi connectivity index (χ0) is 45.8. The highest BCUT2D eigenvalue weighted by atomic mass is 15.1. The zero-order valence-corrected chi connectivity index (χ0v) is 38.5. The van der Waals surface area contributed by atoms with E-state index in [4.69, 9.17) is 0 Å². The van der Waals surface area contributed by atoms with Crippen molar-refractivity contribution < 1.29 is 0 Å². The number of aromatic nitrogens is 1. The van der Waals surface area contributed by atoms with Gasteiger partial charge in [-0.15, -0.1) is 0 Å². The van der Waals surface area contributed by atoms with Crippen molar-refractivity contribution in [2.24, 2.45) is 0 Å². The van der Waals surface area contributed by atoms with Crippen LogP contribution >= 0.6 is 0 Å². The SMILES string of the molecule is CC1(C)c2ccccc2-c2ccc(N(c3ccc(-c4ccc5c(c4)c4ccccc4n5-c4ccccc4)cc3)c3ccc(-c4ccc5c6ccccc6c6ccccc6c5c4)c4ccccc34)cc21. The van der Waals surface area contributed by atoms with E-state index in [0.29, 0.717) is 0 Å². The Balaban J connectivity index is 0.929. The van der Waals surface area contributed by atoms with Crippen molar-refractivity contribution in [1.29, 1.82) is 0 Å². The average molecular weight is 879 g/mol. The summed E-state index contributed by atoms with van der Waals surface area (Å²) in [5, 5.41) is 12.6. The van der Waals surface area contributed by atoms with E-state index in [-0.39, 0.29) is 5.41 Å². The second-order valence-electron chi connectivity index (χ2n) is 19.2. The largest absolute Gasteiger partial charge is 0.310 e. The van der Waals surface area contributed by atoms with Crippen LogP contribution in [-0.2, 0) is 5.41 Å². The lowest BCUT2D eigenvalue weighted by molar-refractivity contribution is 0.660. The van der Waals surface area contributed by atoms with Gasteiger partial charge in [0, 0.05) is 38.6 Å². The van der Waals surface area contributed by atoms with E-state index in [1.54, 1.807) is 0 Å². The first-order valence-corrected chi connectivity index (χ1v) is 24.1. The van der Waals surface area contributed by atoms with Gasteiger partial charge in [0.15, 0.2) is 0 Å². The Hall–Kier alpha value is -8.72. The molecule has 13 aromatic rings. The molecule has 69 heavy (non-hydrogen) atoms. The minimum atomic E-state index is -0.142. The first-order chi connectivity index (χ1) is 34.0. The van der Waals surface area contributed by atoms with Gasteiger partial charge >= 0.3 is 0 Å². The highest BCUT2D eigenvalue weighted by Crippen LogP contribution is 2.52. The molecule has 1 heterocycles. The molecule has 1 aromatic heterocycles. The first kappa shape index (κ1) is 39.4. The second kappa shape index (κ2) is 15.2. The minimum Gasteiger partial charge on any atom is -0.310 e. The summed E-state index contributed by atoms with van der Waals surface area (Å²) < 4.78 is 2.38. The average Bonchev–Trinajstić information content (AvgIpc) is 3.86. The zero-order valence-electron chi connectivity index (χ0n) is 38.5. The molecule has 0 saturated heterocycles. The molecular weight excluding hydrogens is 833 g/mol. The van der Waals surface area contributed by atoms with Gasteiger partial charge in [-0.3, -0.25) is 0 Å². The van der Waals surface area contributed by atoms with Crippen molar-refractivity contribution in [3.63, 3.8) is 0 Å². The molecule has 14 rings (SSSR count). The summed E-state index contributed by atoms with van der Waals surface area (Å²) in [6.45, 7) is 4.74. The lowest BCUT2D eigenvalue weighted by Gasteiger charge is -2.29. The lowest BCUT2D eigenvalue weighted by Crippen LogP contribution is -2.16. The smallest absolute Gasteiger partial charge is 0.0541 e. The van der Waals surface area contributed by atoms with Gasteiger partial charge in [0.2, 0.25) is 0 Å². The molecule has 12 aromatic carbocycles. The van der Waals surface area contributed by atoms with E-state index in [1.165, 1.54) is 115 Å². The summed E-state index contributed by atoms with van der Waals surface area (Å²) in [4.78, 5) is 2.48. The fraction of sp³-hybridized carbons (Fsp3) is 0.0448. The minimum absolute atomic E-state index is 0.142. The fourth-order valence-electron chi connectivity index (χ4n) is 11.9. The number of benzene rings is 12. The van der Waals surface area contributed by atoms with E-state index in [9.17, 15) is 0 Å². The standard InChI is InChI=1S/C67H46N2/c1-67(2)62-26-14-12-23-56(62)57-36-34-48(42-63(57)67)68(47-32-28-43(29-33-47)44-31-38-66-61(40-44)59-25-13-15-27-64(59)69(66)46-16-4-3-5-17-46)65-39-37-49(50-18-10-11-24-58(50)65)45-30-35-55-53-21-7-6-19-51(53)52-20-8-9-22-54(52)60(55)41-45/h3-42H,1-2H3. The van der Waals surface area contributed by atoms with Crippen LogP contribution in [-0.4, -0.2) is 4.57 Å². The van der Waals surface area contributed by atoms with Gasteiger partial charge < -0.3 is 9.47 Å². The predicted molar refractivity (Wildman–Crippen MR) is 294 cm³/mol. The third-order valence-corrected chi connectivity index (χ3v) is 15.2. The summed E-state index contributed by atoms with van der Waals surface area (Å²) in [5.74, 6) is 0. The fourth-order valence-corrected chi connectivity index (χ4v) is 11.9. The van der Waals surface area contributed by atoms with E-state index in [2.05, 4.69) is 266 Å². The number of nitrogens with zero attached hydrogens (tertiary/aromatic N) is 2. The number of hydrogen-bond acceptors (Lipinski definition) is 1. The van der Waals surface area contributed by atoms with Gasteiger partial charge in [-0.2, -0.15) is 0 Å². The summed E-state index contributed by atoms with van der Waals surface area (Å²) in [6, 6.07) is 90.0. The van der Waals surface area contributed by atoms with Crippen LogP contribution < -0.4 is 4.90 Å². The van der Waals surface area contributed by atoms with Crippen molar-refractivity contribution in [3.8, 4) is 39.1 Å². The molecule has 0 unspecified atom stereocenters. The van der Waals surface area contributed by atoms with E-state index in [1.807, 2.05) is 0 Å². The Bertz CT molecular complexity index is 4180. The number of rotatable bonds is 6. The summed E-state index contributed by atoms with van der Waals surface area (Å²) >= 11 is 0. The van der Waals surface area contributed by atoms with Crippen molar-refractivity contribution in [3.05, 3.63) is 254 Å². The van der Waals surface area contributed by atoms with Crippen LogP contribution in [0.15, 0.2) is 243 Å². The molecule has 0 saturated carbocycles. The molecule has 0 spiro atoms. The molecule has 324 valence electrons. The van der Waals surface area contributed by atoms with Crippen LogP contribution in [0, 0.1) is 0 Å². The molecule has 0 bridgehead atoms. The maximum absolute atomic E-state index is 2.48. The molecule has 2 heteroatoms. The maximum Gasteiger partial charge on any atom is 0.0541 e. The van der Waals surface area contributed by atoms with Crippen molar-refractivity contribution in [2.75, 3.05) is 4.90 Å². The van der Waals surface area contributed by atoms with Gasteiger partial charge in [0.25, 0.3) is 0 Å². The molecular formula is C67H46N2. The quantitative estimate of drug-likeness (QED) is 0.151. The second-order valence-corrected chi connectivity index (χ2v) is 19.2. The van der Waals surface area contributed by atoms with Crippen LogP contribution in [0.3, 0.4) is 0 Å². The van der Waals surface area contributed by atoms with Gasteiger partial charge in [0.1, 0.15) is 0 Å². The van der Waals surface area contributed by atoms with Gasteiger partial charge in [0.05, 0.1) is 16.7 Å². The highest BCUT2D eigenvalue weighted by Gasteiger charge is 2.36. The monoisotopic (exact) mass is 878 g/mol. The van der Waals surface area contributed by atoms with Crippen LogP contribution in [0.1, 0.15) is 25.0 Å². The van der Waals surface area contributed by atoms with Gasteiger partial charge in [-0.25, -0.2) is 0 Å². The third-order valence-electron chi connectivity index (χ3n) is 15.2. The molecule has 0 fully saturated rings. The molecule has 2 nitrogen and oxygen atoms in total. The normalized spacial score (nSPS) is 12.9. The van der Waals surface area contributed by atoms with Crippen LogP contribution in [0.25, 0.3) is 104 Å². The van der Waals surface area contributed by atoms with Crippen molar-refractivity contribution in [1.82, 2.24) is 4.57 Å². The molecule has 0 amide bonds. The molecule has 1 aliphatic rings.